The van der Waals surface area contributed by atoms with Crippen LogP contribution in [0.3, 0.4) is 0 Å². The fourth-order valence-electron chi connectivity index (χ4n) is 2.56. The highest BCUT2D eigenvalue weighted by molar-refractivity contribution is 5.82. The summed E-state index contributed by atoms with van der Waals surface area (Å²) in [4.78, 5) is 50.1. The van der Waals surface area contributed by atoms with Gasteiger partial charge < -0.3 is 28.7 Å². The molecule has 1 saturated heterocycles. The van der Waals surface area contributed by atoms with E-state index in [0.29, 0.717) is 52.6 Å². The second-order valence-electron chi connectivity index (χ2n) is 6.14. The number of hydrogen-bond acceptors (Lipinski definition) is 8. The summed E-state index contributed by atoms with van der Waals surface area (Å²) in [6.45, 7) is 2.75. The van der Waals surface area contributed by atoms with Gasteiger partial charge in [-0.05, 0) is 0 Å². The maximum Gasteiger partial charge on any atom is 0.306 e. The molecule has 0 saturated carbocycles. The summed E-state index contributed by atoms with van der Waals surface area (Å²) in [7, 11) is 2.57. The third kappa shape index (κ3) is 9.65. The third-order valence-corrected chi connectivity index (χ3v) is 4.27. The largest absolute Gasteiger partial charge is 0.469 e. The first-order valence-corrected chi connectivity index (χ1v) is 9.32. The molecule has 0 spiro atoms. The van der Waals surface area contributed by atoms with Crippen LogP contribution in [-0.2, 0) is 38.1 Å². The predicted molar refractivity (Wildman–Crippen MR) is 97.3 cm³/mol. The van der Waals surface area contributed by atoms with Crippen molar-refractivity contribution < 1.29 is 38.1 Å². The molecule has 2 amide bonds. The molecule has 10 nitrogen and oxygen atoms in total. The van der Waals surface area contributed by atoms with Crippen LogP contribution in [0.2, 0.25) is 0 Å². The van der Waals surface area contributed by atoms with E-state index < -0.39 is 11.9 Å². The van der Waals surface area contributed by atoms with Crippen molar-refractivity contribution in [2.75, 3.05) is 66.8 Å². The summed E-state index contributed by atoms with van der Waals surface area (Å²) in [5.74, 6) is -1.16. The molecule has 10 heteroatoms. The van der Waals surface area contributed by atoms with Crippen molar-refractivity contribution in [3.8, 4) is 0 Å². The van der Waals surface area contributed by atoms with Crippen molar-refractivity contribution >= 4 is 23.8 Å². The second-order valence-corrected chi connectivity index (χ2v) is 6.14. The minimum absolute atomic E-state index is 0.0379. The van der Waals surface area contributed by atoms with Crippen LogP contribution in [0.15, 0.2) is 0 Å². The molecule has 1 aliphatic heterocycles. The highest BCUT2D eigenvalue weighted by Gasteiger charge is 2.18. The molecule has 28 heavy (non-hydrogen) atoms. The molecule has 0 atom stereocenters. The number of rotatable bonds is 6. The normalized spacial score (nSPS) is 16.5. The number of nitrogens with zero attached hydrogens (tertiary/aromatic N) is 2. The molecule has 0 aromatic heterocycles. The van der Waals surface area contributed by atoms with E-state index in [1.54, 1.807) is 9.80 Å². The van der Waals surface area contributed by atoms with Crippen LogP contribution in [0.25, 0.3) is 0 Å². The molecule has 1 aliphatic rings. The summed E-state index contributed by atoms with van der Waals surface area (Å²) in [6.07, 6.45) is 0.233. The predicted octanol–water partition coefficient (Wildman–Crippen LogP) is -0.403. The SMILES string of the molecule is COC(=O)CCC(=O)N1CCOCCN(C(=O)CCC(=O)OC)CCOCC1. The van der Waals surface area contributed by atoms with Gasteiger partial charge in [-0.15, -0.1) is 0 Å². The molecular weight excluding hydrogens is 372 g/mol. The Kier molecular flexibility index (Phi) is 11.8. The molecular formula is C18H30N2O8. The zero-order valence-corrected chi connectivity index (χ0v) is 16.6. The zero-order chi connectivity index (χ0) is 20.8. The van der Waals surface area contributed by atoms with E-state index in [1.807, 2.05) is 0 Å². The van der Waals surface area contributed by atoms with Gasteiger partial charge in [-0.2, -0.15) is 0 Å². The first-order chi connectivity index (χ1) is 13.5. The van der Waals surface area contributed by atoms with E-state index >= 15 is 0 Å². The van der Waals surface area contributed by atoms with E-state index in [-0.39, 0.29) is 37.5 Å². The minimum atomic E-state index is -0.424. The van der Waals surface area contributed by atoms with Crippen LogP contribution < -0.4 is 0 Å². The van der Waals surface area contributed by atoms with E-state index in [0.717, 1.165) is 0 Å². The quantitative estimate of drug-likeness (QED) is 0.552. The third-order valence-electron chi connectivity index (χ3n) is 4.27. The van der Waals surface area contributed by atoms with Crippen molar-refractivity contribution in [2.24, 2.45) is 0 Å². The van der Waals surface area contributed by atoms with Gasteiger partial charge in [0.15, 0.2) is 0 Å². The average Bonchev–Trinajstić information content (AvgIpc) is 2.69. The summed E-state index contributed by atoms with van der Waals surface area (Å²) in [6, 6.07) is 0. The molecule has 1 heterocycles. The number of esters is 2. The molecule has 1 rings (SSSR count). The Balaban J connectivity index is 2.45. The molecule has 0 unspecified atom stereocenters. The number of carbonyl (C=O) groups is 4. The highest BCUT2D eigenvalue weighted by Crippen LogP contribution is 2.03. The van der Waals surface area contributed by atoms with Gasteiger partial charge in [0.25, 0.3) is 0 Å². The summed E-state index contributed by atoms with van der Waals surface area (Å²) >= 11 is 0. The maximum absolute atomic E-state index is 12.2. The van der Waals surface area contributed by atoms with Crippen LogP contribution in [0.5, 0.6) is 0 Å². The molecule has 0 aliphatic carbocycles. The number of amides is 2. The van der Waals surface area contributed by atoms with Gasteiger partial charge >= 0.3 is 11.9 Å². The molecule has 0 N–H and O–H groups in total. The van der Waals surface area contributed by atoms with E-state index in [9.17, 15) is 19.2 Å². The van der Waals surface area contributed by atoms with Crippen molar-refractivity contribution in [2.45, 2.75) is 25.7 Å². The van der Waals surface area contributed by atoms with Gasteiger partial charge in [-0.1, -0.05) is 0 Å². The minimum Gasteiger partial charge on any atom is -0.469 e. The topological polar surface area (TPSA) is 112 Å². The van der Waals surface area contributed by atoms with Gasteiger partial charge in [0.1, 0.15) is 0 Å². The Hall–Kier alpha value is -2.20. The lowest BCUT2D eigenvalue weighted by atomic mass is 10.2. The average molecular weight is 402 g/mol. The highest BCUT2D eigenvalue weighted by atomic mass is 16.5. The fourth-order valence-corrected chi connectivity index (χ4v) is 2.56. The standard InChI is InChI=1S/C18H30N2O8/c1-25-17(23)5-3-15(21)19-7-11-27-13-9-20(10-14-28-12-8-19)16(22)4-6-18(24)26-2/h3-14H2,1-2H3. The van der Waals surface area contributed by atoms with E-state index in [2.05, 4.69) is 9.47 Å². The Morgan fingerprint density at radius 2 is 0.964 bits per heavy atom. The van der Waals surface area contributed by atoms with Gasteiger partial charge in [-0.3, -0.25) is 19.2 Å². The first kappa shape index (κ1) is 23.8. The summed E-state index contributed by atoms with van der Waals surface area (Å²) < 4.78 is 20.2. The summed E-state index contributed by atoms with van der Waals surface area (Å²) in [5, 5.41) is 0. The Morgan fingerprint density at radius 3 is 1.25 bits per heavy atom. The van der Waals surface area contributed by atoms with Crippen LogP contribution in [0.1, 0.15) is 25.7 Å². The summed E-state index contributed by atoms with van der Waals surface area (Å²) in [5.41, 5.74) is 0. The van der Waals surface area contributed by atoms with Crippen molar-refractivity contribution in [1.82, 2.24) is 9.80 Å². The van der Waals surface area contributed by atoms with Gasteiger partial charge in [0.2, 0.25) is 11.8 Å². The number of methoxy groups -OCH3 is 2. The molecule has 0 aromatic rings. The molecule has 160 valence electrons. The molecule has 0 aromatic carbocycles. The number of hydrogen-bond donors (Lipinski definition) is 0. The van der Waals surface area contributed by atoms with Crippen molar-refractivity contribution in [3.63, 3.8) is 0 Å². The van der Waals surface area contributed by atoms with Crippen LogP contribution in [-0.4, -0.2) is 100 Å². The van der Waals surface area contributed by atoms with Crippen molar-refractivity contribution in [1.29, 1.82) is 0 Å². The van der Waals surface area contributed by atoms with E-state index in [1.165, 1.54) is 14.2 Å². The van der Waals surface area contributed by atoms with Gasteiger partial charge in [0, 0.05) is 39.0 Å². The number of ether oxygens (including phenoxy) is 4. The Labute approximate surface area is 165 Å². The molecule has 0 bridgehead atoms. The van der Waals surface area contributed by atoms with Crippen molar-refractivity contribution in [3.05, 3.63) is 0 Å². The fraction of sp³-hybridized carbons (Fsp3) is 0.778. The zero-order valence-electron chi connectivity index (χ0n) is 16.6. The van der Waals surface area contributed by atoms with Crippen LogP contribution in [0, 0.1) is 0 Å². The van der Waals surface area contributed by atoms with Crippen LogP contribution in [0.4, 0.5) is 0 Å². The number of carbonyl (C=O) groups excluding carboxylic acids is 4. The molecule has 0 radical (unpaired) electrons. The maximum atomic E-state index is 12.2. The lowest BCUT2D eigenvalue weighted by Gasteiger charge is -2.26. The Bertz CT molecular complexity index is 468. The van der Waals surface area contributed by atoms with Gasteiger partial charge in [0.05, 0.1) is 53.5 Å². The lowest BCUT2D eigenvalue weighted by molar-refractivity contribution is -0.144. The second kappa shape index (κ2) is 13.9. The lowest BCUT2D eigenvalue weighted by Crippen LogP contribution is -2.40. The van der Waals surface area contributed by atoms with E-state index in [4.69, 9.17) is 9.47 Å². The Morgan fingerprint density at radius 1 is 0.643 bits per heavy atom. The smallest absolute Gasteiger partial charge is 0.306 e. The first-order valence-electron chi connectivity index (χ1n) is 9.32. The monoisotopic (exact) mass is 402 g/mol. The molecule has 1 fully saturated rings. The van der Waals surface area contributed by atoms with Gasteiger partial charge in [-0.25, -0.2) is 0 Å². The van der Waals surface area contributed by atoms with Crippen LogP contribution >= 0.6 is 0 Å².